The molecule has 274 valence electrons. The van der Waals surface area contributed by atoms with Gasteiger partial charge in [0.05, 0.1) is 40.6 Å². The van der Waals surface area contributed by atoms with Crippen molar-refractivity contribution in [3.8, 4) is 23.0 Å². The Balaban J connectivity index is 1.66. The molecule has 4 aromatic rings. The van der Waals surface area contributed by atoms with Crippen LogP contribution in [0.15, 0.2) is 48.5 Å². The van der Waals surface area contributed by atoms with Crippen molar-refractivity contribution in [3.05, 3.63) is 93.0 Å². The summed E-state index contributed by atoms with van der Waals surface area (Å²) in [6, 6.07) is 17.4. The number of hydrogen-bond acceptors (Lipinski definition) is 6. The van der Waals surface area contributed by atoms with E-state index in [9.17, 15) is 0 Å². The molecular formula is C43H56O6P2. The van der Waals surface area contributed by atoms with Crippen LogP contribution in [0.4, 0.5) is 0 Å². The minimum atomic E-state index is -0.862. The van der Waals surface area contributed by atoms with Crippen LogP contribution in [0.3, 0.4) is 0 Å². The summed E-state index contributed by atoms with van der Waals surface area (Å²) < 4.78 is 36.7. The summed E-state index contributed by atoms with van der Waals surface area (Å²) >= 11 is 0. The fraction of sp³-hybridized carbons (Fsp3) is 0.442. The standard InChI is InChI=1S/C43H56O6P2/c1-25-15-33(44-11)16-26(2)39(25)50(40-27(3)17-34(45-12)18-28(40)4)23-37-38(49-43(9,10)48-37)24-51(41-29(5)19-35(46-13)20-30(41)6)42-31(7)21-36(47-14)22-32(42)8/h15-22,37-38H,23-24H2,1-14H3/t37-,38-/m0/s1. The second-order valence-electron chi connectivity index (χ2n) is 14.4. The van der Waals surface area contributed by atoms with Gasteiger partial charge in [-0.15, -0.1) is 0 Å². The van der Waals surface area contributed by atoms with Crippen LogP contribution in [0, 0.1) is 55.4 Å². The third kappa shape index (κ3) is 8.26. The van der Waals surface area contributed by atoms with E-state index in [0.717, 1.165) is 35.3 Å². The summed E-state index contributed by atoms with van der Waals surface area (Å²) in [5, 5.41) is 5.50. The molecule has 0 spiro atoms. The van der Waals surface area contributed by atoms with E-state index in [1.807, 2.05) is 0 Å². The molecule has 0 saturated carbocycles. The molecule has 0 radical (unpaired) electrons. The van der Waals surface area contributed by atoms with E-state index in [2.05, 4.69) is 118 Å². The predicted octanol–water partition coefficient (Wildman–Crippen LogP) is 8.27. The molecule has 0 bridgehead atoms. The van der Waals surface area contributed by atoms with Gasteiger partial charge in [0.2, 0.25) is 0 Å². The smallest absolute Gasteiger partial charge is 0.163 e. The van der Waals surface area contributed by atoms with Crippen LogP contribution < -0.4 is 40.2 Å². The molecule has 5 rings (SSSR count). The van der Waals surface area contributed by atoms with Gasteiger partial charge in [0.15, 0.2) is 5.79 Å². The Bertz CT molecular complexity index is 1550. The van der Waals surface area contributed by atoms with Crippen LogP contribution in [0.5, 0.6) is 23.0 Å². The van der Waals surface area contributed by atoms with Crippen molar-refractivity contribution in [2.75, 3.05) is 40.8 Å². The van der Waals surface area contributed by atoms with Crippen LogP contribution in [0.1, 0.15) is 58.4 Å². The molecule has 51 heavy (non-hydrogen) atoms. The van der Waals surface area contributed by atoms with E-state index in [1.54, 1.807) is 28.4 Å². The quantitative estimate of drug-likeness (QED) is 0.137. The predicted molar refractivity (Wildman–Crippen MR) is 216 cm³/mol. The second kappa shape index (κ2) is 15.8. The van der Waals surface area contributed by atoms with Gasteiger partial charge in [-0.2, -0.15) is 0 Å². The van der Waals surface area contributed by atoms with E-state index < -0.39 is 21.6 Å². The van der Waals surface area contributed by atoms with Crippen molar-refractivity contribution < 1.29 is 28.4 Å². The Morgan fingerprint density at radius 1 is 0.431 bits per heavy atom. The molecule has 0 aliphatic carbocycles. The summed E-state index contributed by atoms with van der Waals surface area (Å²) in [6.45, 7) is 21.8. The maximum atomic E-state index is 6.97. The average molecular weight is 731 g/mol. The normalized spacial score (nSPS) is 16.9. The summed E-state index contributed by atoms with van der Waals surface area (Å²) in [5.74, 6) is 2.80. The van der Waals surface area contributed by atoms with Crippen molar-refractivity contribution in [2.45, 2.75) is 87.2 Å². The molecule has 1 heterocycles. The first kappa shape index (κ1) is 39.1. The number of aryl methyl sites for hydroxylation is 8. The van der Waals surface area contributed by atoms with E-state index >= 15 is 0 Å². The first-order chi connectivity index (χ1) is 24.1. The summed E-state index contributed by atoms with van der Waals surface area (Å²) in [7, 11) is 5.23. The zero-order valence-electron chi connectivity index (χ0n) is 33.0. The minimum absolute atomic E-state index is 0.129. The lowest BCUT2D eigenvalue weighted by Crippen LogP contribution is -2.36. The lowest BCUT2D eigenvalue weighted by atomic mass is 10.1. The van der Waals surface area contributed by atoms with Gasteiger partial charge in [-0.3, -0.25) is 0 Å². The molecule has 0 amide bonds. The molecule has 1 fully saturated rings. The Morgan fingerprint density at radius 2 is 0.627 bits per heavy atom. The highest BCUT2D eigenvalue weighted by Gasteiger charge is 2.45. The molecule has 1 aliphatic heterocycles. The Kier molecular flexibility index (Phi) is 12.1. The topological polar surface area (TPSA) is 55.4 Å². The van der Waals surface area contributed by atoms with E-state index in [4.69, 9.17) is 28.4 Å². The van der Waals surface area contributed by atoms with E-state index in [1.165, 1.54) is 65.7 Å². The van der Waals surface area contributed by atoms with Crippen LogP contribution >= 0.6 is 15.8 Å². The van der Waals surface area contributed by atoms with Crippen LogP contribution in [0.25, 0.3) is 0 Å². The molecule has 8 heteroatoms. The van der Waals surface area contributed by atoms with Crippen molar-refractivity contribution in [1.82, 2.24) is 0 Å². The number of methoxy groups -OCH3 is 4. The lowest BCUT2D eigenvalue weighted by molar-refractivity contribution is -0.142. The monoisotopic (exact) mass is 730 g/mol. The molecule has 2 atom stereocenters. The Morgan fingerprint density at radius 3 is 0.804 bits per heavy atom. The van der Waals surface area contributed by atoms with Gasteiger partial charge < -0.3 is 28.4 Å². The highest BCUT2D eigenvalue weighted by molar-refractivity contribution is 7.74. The highest BCUT2D eigenvalue weighted by Crippen LogP contribution is 2.48. The van der Waals surface area contributed by atoms with Gasteiger partial charge in [-0.05, 0) is 199 Å². The van der Waals surface area contributed by atoms with Gasteiger partial charge in [0.25, 0.3) is 0 Å². The van der Waals surface area contributed by atoms with Crippen LogP contribution in [0.2, 0.25) is 0 Å². The van der Waals surface area contributed by atoms with Gasteiger partial charge >= 0.3 is 0 Å². The van der Waals surface area contributed by atoms with Crippen molar-refractivity contribution in [2.24, 2.45) is 0 Å². The number of hydrogen-bond donors (Lipinski definition) is 0. The van der Waals surface area contributed by atoms with E-state index in [-0.39, 0.29) is 12.2 Å². The van der Waals surface area contributed by atoms with Crippen molar-refractivity contribution in [1.29, 1.82) is 0 Å². The molecule has 1 saturated heterocycles. The first-order valence-corrected chi connectivity index (χ1v) is 20.7. The molecule has 4 aromatic carbocycles. The Hall–Kier alpha value is -3.14. The minimum Gasteiger partial charge on any atom is -0.497 e. The lowest BCUT2D eigenvalue weighted by Gasteiger charge is -2.32. The zero-order chi connectivity index (χ0) is 37.4. The van der Waals surface area contributed by atoms with Gasteiger partial charge in [-0.25, -0.2) is 0 Å². The van der Waals surface area contributed by atoms with E-state index in [0.29, 0.717) is 0 Å². The number of rotatable bonds is 12. The molecule has 0 aromatic heterocycles. The Labute approximate surface area is 308 Å². The van der Waals surface area contributed by atoms with Gasteiger partial charge in [0.1, 0.15) is 23.0 Å². The third-order valence-electron chi connectivity index (χ3n) is 9.89. The SMILES string of the molecule is COc1cc(C)c(P(C[C@@H]2OC(C)(C)O[C@H]2CP(c2c(C)cc(OC)cc2C)c2c(C)cc(OC)cc2C)c2c(C)cc(OC)cc2C)c(C)c1. The van der Waals surface area contributed by atoms with Crippen molar-refractivity contribution >= 4 is 37.1 Å². The zero-order valence-corrected chi connectivity index (χ0v) is 34.8. The number of ether oxygens (including phenoxy) is 6. The summed E-state index contributed by atoms with van der Waals surface area (Å²) in [4.78, 5) is 0. The maximum Gasteiger partial charge on any atom is 0.163 e. The van der Waals surface area contributed by atoms with Crippen LogP contribution in [-0.2, 0) is 9.47 Å². The first-order valence-electron chi connectivity index (χ1n) is 17.6. The average Bonchev–Trinajstić information content (AvgIpc) is 3.34. The van der Waals surface area contributed by atoms with Gasteiger partial charge in [-0.1, -0.05) is 0 Å². The largest absolute Gasteiger partial charge is 0.497 e. The highest BCUT2D eigenvalue weighted by atomic mass is 31.1. The molecule has 1 aliphatic rings. The summed E-state index contributed by atoms with van der Waals surface area (Å²) in [6.07, 6.45) is 1.40. The maximum absolute atomic E-state index is 6.97. The van der Waals surface area contributed by atoms with Crippen molar-refractivity contribution in [3.63, 3.8) is 0 Å². The van der Waals surface area contributed by atoms with Crippen LogP contribution in [-0.4, -0.2) is 58.8 Å². The second-order valence-corrected chi connectivity index (χ2v) is 18.6. The fourth-order valence-electron chi connectivity index (χ4n) is 8.01. The molecule has 0 unspecified atom stereocenters. The fourth-order valence-corrected chi connectivity index (χ4v) is 14.4. The molecule has 0 N–H and O–H groups in total. The molecular weight excluding hydrogens is 674 g/mol. The molecule has 6 nitrogen and oxygen atoms in total. The number of benzene rings is 4. The third-order valence-corrected chi connectivity index (χ3v) is 16.3. The summed E-state index contributed by atoms with van der Waals surface area (Å²) in [5.41, 5.74) is 9.88. The van der Waals surface area contributed by atoms with Gasteiger partial charge in [0, 0.05) is 12.3 Å².